The molecule has 1 aromatic carbocycles. The zero-order valence-electron chi connectivity index (χ0n) is 9.22. The summed E-state index contributed by atoms with van der Waals surface area (Å²) < 4.78 is 2.64. The van der Waals surface area contributed by atoms with Crippen LogP contribution in [0.3, 0.4) is 0 Å². The molecule has 0 bridgehead atoms. The molecule has 85 valence electrons. The van der Waals surface area contributed by atoms with Gasteiger partial charge in [0.2, 0.25) is 6.33 Å². The Labute approximate surface area is 114 Å². The third kappa shape index (κ3) is 3.26. The second kappa shape index (κ2) is 5.27. The van der Waals surface area contributed by atoms with Crippen LogP contribution in [-0.4, -0.2) is 10.8 Å². The third-order valence-corrected chi connectivity index (χ3v) is 2.92. The predicted molar refractivity (Wildman–Crippen MR) is 71.3 cm³/mol. The molecular weight excluding hydrogens is 327 g/mol. The maximum Gasteiger partial charge on any atom is 0.212 e. The molecule has 1 heterocycles. The molecule has 0 aliphatic carbocycles. The molecule has 0 N–H and O–H groups in total. The van der Waals surface area contributed by atoms with Crippen molar-refractivity contribution in [2.24, 2.45) is 0 Å². The molecule has 2 rings (SSSR count). The lowest BCUT2D eigenvalue weighted by Gasteiger charge is -2.05. The lowest BCUT2D eigenvalue weighted by atomic mass is 10.1. The highest BCUT2D eigenvalue weighted by Crippen LogP contribution is 2.07. The fraction of sp³-hybridized carbons (Fsp3) is 0.0769. The Morgan fingerprint density at radius 2 is 2.00 bits per heavy atom. The Bertz CT molecular complexity index is 520. The summed E-state index contributed by atoms with van der Waals surface area (Å²) in [6.07, 6.45) is 3.33. The zero-order chi connectivity index (χ0) is 12.3. The first kappa shape index (κ1) is 12.0. The van der Waals surface area contributed by atoms with Crippen LogP contribution in [0.2, 0.25) is 0 Å². The van der Waals surface area contributed by atoms with E-state index in [1.807, 2.05) is 25.1 Å². The number of aryl methyl sites for hydroxylation is 1. The Balaban J connectivity index is 2.11. The van der Waals surface area contributed by atoms with E-state index in [1.54, 1.807) is 24.7 Å². The zero-order valence-corrected chi connectivity index (χ0v) is 11.4. The molecule has 17 heavy (non-hydrogen) atoms. The first-order chi connectivity index (χ1) is 8.15. The number of aromatic nitrogens is 2. The standard InChI is InChI=1S/C13H10IN2O/c1-10-6-7-16(9-15-10)8-13(17)11-2-4-12(14)5-3-11/h2-7,9H,1H3. The van der Waals surface area contributed by atoms with Crippen LogP contribution < -0.4 is 4.57 Å². The number of carbonyl (C=O) groups excluding carboxylic acids is 1. The van der Waals surface area contributed by atoms with Crippen LogP contribution in [0.4, 0.5) is 0 Å². The minimum absolute atomic E-state index is 0.156. The van der Waals surface area contributed by atoms with E-state index >= 15 is 0 Å². The Kier molecular flexibility index (Phi) is 3.73. The first-order valence-electron chi connectivity index (χ1n) is 5.06. The number of hydrogen-bond donors (Lipinski definition) is 0. The highest BCUT2D eigenvalue weighted by molar-refractivity contribution is 14.1. The van der Waals surface area contributed by atoms with E-state index < -0.39 is 0 Å². The van der Waals surface area contributed by atoms with Crippen LogP contribution in [0.5, 0.6) is 0 Å². The quantitative estimate of drug-likeness (QED) is 0.372. The summed E-state index contributed by atoms with van der Waals surface area (Å²) >= 11 is 2.20. The monoisotopic (exact) mass is 337 g/mol. The SMILES string of the molecule is Cc1cc[n+]([C-]C(=O)c2ccc(I)cc2)cn1. The van der Waals surface area contributed by atoms with Crippen molar-refractivity contribution in [3.05, 3.63) is 64.2 Å². The molecule has 4 heteroatoms. The van der Waals surface area contributed by atoms with Gasteiger partial charge in [0.15, 0.2) is 0 Å². The van der Waals surface area contributed by atoms with Gasteiger partial charge < -0.3 is 9.36 Å². The minimum Gasteiger partial charge on any atom is -0.324 e. The van der Waals surface area contributed by atoms with Gasteiger partial charge in [-0.25, -0.2) is 0 Å². The summed E-state index contributed by atoms with van der Waals surface area (Å²) in [5, 5.41) is 0. The molecule has 0 fully saturated rings. The fourth-order valence-corrected chi connectivity index (χ4v) is 1.63. The van der Waals surface area contributed by atoms with Crippen molar-refractivity contribution in [3.8, 4) is 0 Å². The number of rotatable bonds is 3. The van der Waals surface area contributed by atoms with Crippen molar-refractivity contribution in [3.63, 3.8) is 0 Å². The van der Waals surface area contributed by atoms with Crippen molar-refractivity contribution >= 4 is 28.4 Å². The van der Waals surface area contributed by atoms with Crippen LogP contribution in [0, 0.1) is 17.0 Å². The van der Waals surface area contributed by atoms with E-state index in [0.29, 0.717) is 5.56 Å². The van der Waals surface area contributed by atoms with E-state index in [-0.39, 0.29) is 5.78 Å². The number of halogens is 1. The minimum atomic E-state index is -0.156. The lowest BCUT2D eigenvalue weighted by Crippen LogP contribution is -2.35. The van der Waals surface area contributed by atoms with Crippen molar-refractivity contribution in [2.45, 2.75) is 6.92 Å². The number of benzene rings is 1. The molecule has 1 aromatic heterocycles. The molecule has 1 radical (unpaired) electrons. The Morgan fingerprint density at radius 1 is 1.29 bits per heavy atom. The second-order valence-corrected chi connectivity index (χ2v) is 4.80. The van der Waals surface area contributed by atoms with Crippen LogP contribution in [-0.2, 0) is 0 Å². The average Bonchev–Trinajstić information content (AvgIpc) is 2.33. The van der Waals surface area contributed by atoms with Crippen molar-refractivity contribution in [1.82, 2.24) is 4.98 Å². The van der Waals surface area contributed by atoms with Crippen LogP contribution in [0.15, 0.2) is 42.9 Å². The molecule has 0 spiro atoms. The van der Waals surface area contributed by atoms with E-state index in [9.17, 15) is 4.79 Å². The summed E-state index contributed by atoms with van der Waals surface area (Å²) in [6.45, 7) is 4.61. The van der Waals surface area contributed by atoms with Gasteiger partial charge in [-0.15, -0.1) is 4.98 Å². The number of ketones is 1. The Morgan fingerprint density at radius 3 is 2.59 bits per heavy atom. The summed E-state index contributed by atoms with van der Waals surface area (Å²) in [6, 6.07) is 9.20. The number of nitrogens with zero attached hydrogens (tertiary/aromatic N) is 2. The molecule has 2 aromatic rings. The molecule has 0 aliphatic heterocycles. The van der Waals surface area contributed by atoms with E-state index in [2.05, 4.69) is 34.1 Å². The van der Waals surface area contributed by atoms with Gasteiger partial charge in [-0.3, -0.25) is 0 Å². The van der Waals surface area contributed by atoms with Gasteiger partial charge in [-0.05, 0) is 34.2 Å². The summed E-state index contributed by atoms with van der Waals surface area (Å²) in [7, 11) is 0. The second-order valence-electron chi connectivity index (χ2n) is 3.56. The van der Waals surface area contributed by atoms with E-state index in [0.717, 1.165) is 9.26 Å². The van der Waals surface area contributed by atoms with Gasteiger partial charge in [0.05, 0.1) is 6.54 Å². The summed E-state index contributed by atoms with van der Waals surface area (Å²) in [5.41, 5.74) is 1.53. The van der Waals surface area contributed by atoms with Gasteiger partial charge in [0.1, 0.15) is 11.5 Å². The lowest BCUT2D eigenvalue weighted by molar-refractivity contribution is -0.628. The third-order valence-electron chi connectivity index (χ3n) is 2.20. The van der Waals surface area contributed by atoms with E-state index in [4.69, 9.17) is 0 Å². The van der Waals surface area contributed by atoms with Crippen LogP contribution in [0.1, 0.15) is 16.1 Å². The molecule has 0 saturated heterocycles. The van der Waals surface area contributed by atoms with Crippen LogP contribution in [0.25, 0.3) is 0 Å². The first-order valence-corrected chi connectivity index (χ1v) is 6.14. The number of carbonyl (C=O) groups is 1. The topological polar surface area (TPSA) is 33.8 Å². The summed E-state index contributed by atoms with van der Waals surface area (Å²) in [5.74, 6) is -0.156. The normalized spacial score (nSPS) is 10.0. The summed E-state index contributed by atoms with van der Waals surface area (Å²) in [4.78, 5) is 15.9. The van der Waals surface area contributed by atoms with Crippen molar-refractivity contribution in [2.75, 3.05) is 0 Å². The number of hydrogen-bond acceptors (Lipinski definition) is 2. The highest BCUT2D eigenvalue weighted by Gasteiger charge is 2.04. The van der Waals surface area contributed by atoms with E-state index in [1.165, 1.54) is 4.57 Å². The maximum atomic E-state index is 11.8. The molecule has 0 atom stereocenters. The molecule has 0 unspecified atom stereocenters. The molecule has 0 aliphatic rings. The maximum absolute atomic E-state index is 11.8. The van der Waals surface area contributed by atoms with Gasteiger partial charge in [0.25, 0.3) is 0 Å². The molecule has 3 nitrogen and oxygen atoms in total. The molecular formula is C13H10IN2O. The number of Topliss-reactive ketones (excluding diaryl/α,β-unsaturated/α-hetero) is 1. The van der Waals surface area contributed by atoms with Gasteiger partial charge >= 0.3 is 0 Å². The van der Waals surface area contributed by atoms with Crippen molar-refractivity contribution in [1.29, 1.82) is 0 Å². The van der Waals surface area contributed by atoms with Gasteiger partial charge in [0, 0.05) is 16.7 Å². The Hall–Kier alpha value is -1.43. The van der Waals surface area contributed by atoms with Gasteiger partial charge in [-0.2, -0.15) is 0 Å². The van der Waals surface area contributed by atoms with Crippen LogP contribution >= 0.6 is 22.6 Å². The van der Waals surface area contributed by atoms with Crippen molar-refractivity contribution < 1.29 is 9.36 Å². The molecule has 0 amide bonds. The average molecular weight is 337 g/mol. The van der Waals surface area contributed by atoms with Gasteiger partial charge in [-0.1, -0.05) is 24.3 Å². The molecule has 0 saturated carbocycles. The fourth-order valence-electron chi connectivity index (χ4n) is 1.27. The highest BCUT2D eigenvalue weighted by atomic mass is 127. The largest absolute Gasteiger partial charge is 0.324 e. The predicted octanol–water partition coefficient (Wildman–Crippen LogP) is 2.05. The smallest absolute Gasteiger partial charge is 0.212 e.